The maximum atomic E-state index is 14.9. The van der Waals surface area contributed by atoms with Gasteiger partial charge in [-0.15, -0.1) is 0 Å². The standard InChI is InChI=1S/C29H33ClFN5/c1-18-3-9-23-26(18)27(35-17-34-23)28-29(12-2-14-33-16-29)22-15-21(31)8-10-25(22)36(28)24(11-13-32)19-4-6-20(30)7-5-19/h4-8,10,15,17-18,24,28,33H,2-3,9,11-14,16,32H2,1H3/t18-,24+,28+,29?/m1/s1. The van der Waals surface area contributed by atoms with Gasteiger partial charge >= 0.3 is 0 Å². The molecule has 1 aromatic heterocycles. The highest BCUT2D eigenvalue weighted by Crippen LogP contribution is 2.59. The van der Waals surface area contributed by atoms with Crippen LogP contribution < -0.4 is 16.0 Å². The smallest absolute Gasteiger partial charge is 0.123 e. The highest BCUT2D eigenvalue weighted by molar-refractivity contribution is 6.30. The van der Waals surface area contributed by atoms with Crippen molar-refractivity contribution in [3.8, 4) is 0 Å². The Morgan fingerprint density at radius 2 is 2.06 bits per heavy atom. The van der Waals surface area contributed by atoms with E-state index in [1.807, 2.05) is 18.2 Å². The number of hydrogen-bond acceptors (Lipinski definition) is 5. The second kappa shape index (κ2) is 9.40. The van der Waals surface area contributed by atoms with E-state index in [4.69, 9.17) is 22.3 Å². The van der Waals surface area contributed by atoms with Crippen LogP contribution in [0, 0.1) is 5.82 Å². The quantitative estimate of drug-likeness (QED) is 0.473. The summed E-state index contributed by atoms with van der Waals surface area (Å²) in [7, 11) is 0. The highest BCUT2D eigenvalue weighted by atomic mass is 35.5. The number of nitrogens with zero attached hydrogens (tertiary/aromatic N) is 3. The number of nitrogens with two attached hydrogens (primary N) is 1. The van der Waals surface area contributed by atoms with Crippen molar-refractivity contribution in [1.82, 2.24) is 15.3 Å². The van der Waals surface area contributed by atoms with Crippen molar-refractivity contribution < 1.29 is 4.39 Å². The molecule has 1 aliphatic carbocycles. The maximum absolute atomic E-state index is 14.9. The largest absolute Gasteiger partial charge is 0.355 e. The number of benzene rings is 2. The van der Waals surface area contributed by atoms with Crippen LogP contribution in [0.5, 0.6) is 0 Å². The third-order valence-corrected chi connectivity index (χ3v) is 8.84. The van der Waals surface area contributed by atoms with Crippen molar-refractivity contribution in [1.29, 1.82) is 0 Å². The fourth-order valence-corrected chi connectivity index (χ4v) is 7.15. The Hall–Kier alpha value is -2.54. The number of aromatic nitrogens is 2. The van der Waals surface area contributed by atoms with E-state index >= 15 is 0 Å². The summed E-state index contributed by atoms with van der Waals surface area (Å²) in [4.78, 5) is 12.2. The number of piperidine rings is 1. The van der Waals surface area contributed by atoms with Crippen molar-refractivity contribution in [2.45, 2.75) is 62.4 Å². The SMILES string of the molecule is C[C@@H]1CCc2ncnc([C@@H]3N([C@@H](CCN)c4ccc(Cl)cc4)c4ccc(F)cc4C34CCCNC4)c21. The summed E-state index contributed by atoms with van der Waals surface area (Å²) in [5, 5.41) is 4.37. The average Bonchev–Trinajstić information content (AvgIpc) is 3.39. The summed E-state index contributed by atoms with van der Waals surface area (Å²) in [6, 6.07) is 13.4. The molecule has 188 valence electrons. The first kappa shape index (κ1) is 23.8. The molecule has 1 saturated heterocycles. The van der Waals surface area contributed by atoms with Crippen molar-refractivity contribution in [3.63, 3.8) is 0 Å². The van der Waals surface area contributed by atoms with Crippen LogP contribution >= 0.6 is 11.6 Å². The van der Waals surface area contributed by atoms with E-state index in [1.165, 1.54) is 5.56 Å². The summed E-state index contributed by atoms with van der Waals surface area (Å²) in [5.74, 6) is 0.207. The monoisotopic (exact) mass is 505 g/mol. The average molecular weight is 506 g/mol. The molecule has 0 bridgehead atoms. The fraction of sp³-hybridized carbons (Fsp3) is 0.448. The van der Waals surface area contributed by atoms with Crippen LogP contribution in [0.15, 0.2) is 48.8 Å². The van der Waals surface area contributed by atoms with Crippen LogP contribution in [0.4, 0.5) is 10.1 Å². The van der Waals surface area contributed by atoms with Gasteiger partial charge in [0.25, 0.3) is 0 Å². The van der Waals surface area contributed by atoms with Gasteiger partial charge in [0, 0.05) is 33.9 Å². The van der Waals surface area contributed by atoms with Gasteiger partial charge in [-0.25, -0.2) is 14.4 Å². The molecular formula is C29H33ClFN5. The first-order chi connectivity index (χ1) is 17.5. The Labute approximate surface area is 217 Å². The number of hydrogen-bond donors (Lipinski definition) is 2. The number of rotatable bonds is 5. The molecule has 0 amide bonds. The molecule has 3 aromatic rings. The van der Waals surface area contributed by atoms with Crippen LogP contribution in [-0.2, 0) is 11.8 Å². The van der Waals surface area contributed by atoms with Crippen molar-refractivity contribution >= 4 is 17.3 Å². The van der Waals surface area contributed by atoms with E-state index in [0.717, 1.165) is 73.4 Å². The van der Waals surface area contributed by atoms with Crippen molar-refractivity contribution in [2.75, 3.05) is 24.5 Å². The van der Waals surface area contributed by atoms with Crippen LogP contribution in [0.25, 0.3) is 0 Å². The molecule has 6 rings (SSSR count). The summed E-state index contributed by atoms with van der Waals surface area (Å²) in [5.41, 5.74) is 12.8. The lowest BCUT2D eigenvalue weighted by Gasteiger charge is -2.45. The van der Waals surface area contributed by atoms with Gasteiger partial charge in [0.2, 0.25) is 0 Å². The number of fused-ring (bicyclic) bond motifs is 3. The molecular weight excluding hydrogens is 473 g/mol. The van der Waals surface area contributed by atoms with E-state index in [-0.39, 0.29) is 23.3 Å². The van der Waals surface area contributed by atoms with Crippen LogP contribution in [-0.4, -0.2) is 29.6 Å². The van der Waals surface area contributed by atoms with Gasteiger partial charge in [0.05, 0.1) is 17.8 Å². The Morgan fingerprint density at radius 1 is 1.22 bits per heavy atom. The van der Waals surface area contributed by atoms with Crippen molar-refractivity contribution in [3.05, 3.63) is 87.7 Å². The van der Waals surface area contributed by atoms with Gasteiger partial charge in [0.15, 0.2) is 0 Å². The minimum atomic E-state index is -0.292. The number of anilines is 1. The fourth-order valence-electron chi connectivity index (χ4n) is 7.03. The Kier molecular flexibility index (Phi) is 6.22. The number of aryl methyl sites for hydroxylation is 1. The highest BCUT2D eigenvalue weighted by Gasteiger charge is 2.55. The summed E-state index contributed by atoms with van der Waals surface area (Å²) >= 11 is 6.27. The minimum Gasteiger partial charge on any atom is -0.355 e. The van der Waals surface area contributed by atoms with E-state index < -0.39 is 0 Å². The molecule has 1 spiro atoms. The lowest BCUT2D eigenvalue weighted by atomic mass is 9.69. The normalized spacial score (nSPS) is 25.7. The first-order valence-corrected chi connectivity index (χ1v) is 13.5. The summed E-state index contributed by atoms with van der Waals surface area (Å²) in [6.07, 6.45) is 6.57. The molecule has 2 aliphatic heterocycles. The van der Waals surface area contributed by atoms with Gasteiger partial charge in [0.1, 0.15) is 12.1 Å². The third-order valence-electron chi connectivity index (χ3n) is 8.59. The Bertz CT molecular complexity index is 1260. The van der Waals surface area contributed by atoms with Gasteiger partial charge in [-0.05, 0) is 92.6 Å². The molecule has 4 atom stereocenters. The van der Waals surface area contributed by atoms with Gasteiger partial charge in [-0.2, -0.15) is 0 Å². The molecule has 3 heterocycles. The van der Waals surface area contributed by atoms with Gasteiger partial charge in [-0.1, -0.05) is 30.7 Å². The van der Waals surface area contributed by atoms with Crippen molar-refractivity contribution in [2.24, 2.45) is 5.73 Å². The van der Waals surface area contributed by atoms with E-state index in [2.05, 4.69) is 34.3 Å². The van der Waals surface area contributed by atoms with Crippen LogP contribution in [0.3, 0.4) is 0 Å². The molecule has 3 N–H and O–H groups in total. The molecule has 5 nitrogen and oxygen atoms in total. The molecule has 7 heteroatoms. The predicted octanol–water partition coefficient (Wildman–Crippen LogP) is 5.59. The Morgan fingerprint density at radius 3 is 2.81 bits per heavy atom. The van der Waals surface area contributed by atoms with Gasteiger partial charge in [-0.3, -0.25) is 0 Å². The van der Waals surface area contributed by atoms with E-state index in [0.29, 0.717) is 17.5 Å². The molecule has 2 aromatic carbocycles. The second-order valence-electron chi connectivity index (χ2n) is 10.6. The Balaban J connectivity index is 1.62. The lowest BCUT2D eigenvalue weighted by molar-refractivity contribution is 0.257. The van der Waals surface area contributed by atoms with Crippen LogP contribution in [0.2, 0.25) is 5.02 Å². The predicted molar refractivity (Wildman–Crippen MR) is 142 cm³/mol. The summed E-state index contributed by atoms with van der Waals surface area (Å²) in [6.45, 7) is 4.58. The topological polar surface area (TPSA) is 67.1 Å². The maximum Gasteiger partial charge on any atom is 0.123 e. The zero-order valence-electron chi connectivity index (χ0n) is 20.7. The molecule has 1 fully saturated rings. The molecule has 36 heavy (non-hydrogen) atoms. The number of halogens is 2. The molecule has 1 unspecified atom stereocenters. The number of nitrogens with one attached hydrogen (secondary N) is 1. The summed E-state index contributed by atoms with van der Waals surface area (Å²) < 4.78 is 14.9. The van der Waals surface area contributed by atoms with E-state index in [1.54, 1.807) is 18.5 Å². The second-order valence-corrected chi connectivity index (χ2v) is 11.0. The lowest BCUT2D eigenvalue weighted by Crippen LogP contribution is -2.49. The molecule has 0 saturated carbocycles. The molecule has 0 radical (unpaired) electrons. The zero-order valence-corrected chi connectivity index (χ0v) is 21.4. The minimum absolute atomic E-state index is 0.00473. The first-order valence-electron chi connectivity index (χ1n) is 13.1. The van der Waals surface area contributed by atoms with E-state index in [9.17, 15) is 4.39 Å². The molecule has 3 aliphatic rings. The third kappa shape index (κ3) is 3.73. The van der Waals surface area contributed by atoms with Gasteiger partial charge < -0.3 is 16.0 Å². The van der Waals surface area contributed by atoms with Crippen LogP contribution in [0.1, 0.15) is 78.7 Å². The zero-order chi connectivity index (χ0) is 24.9.